The fourth-order valence-corrected chi connectivity index (χ4v) is 1.22. The molecule has 2 rings (SSSR count). The molecule has 0 fully saturated rings. The van der Waals surface area contributed by atoms with E-state index in [9.17, 15) is 13.2 Å². The third kappa shape index (κ3) is 1.32. The molecule has 0 amide bonds. The maximum atomic E-state index is 12.4. The Hall–Kier alpha value is -1.59. The highest BCUT2D eigenvalue weighted by atomic mass is 19.4. The Morgan fingerprint density at radius 2 is 2.07 bits per heavy atom. The van der Waals surface area contributed by atoms with Crippen LogP contribution in [0.25, 0.3) is 11.0 Å². The summed E-state index contributed by atoms with van der Waals surface area (Å²) in [5, 5.41) is 5.43. The molecule has 0 aliphatic rings. The molecule has 0 aromatic carbocycles. The van der Waals surface area contributed by atoms with Crippen molar-refractivity contribution in [2.24, 2.45) is 0 Å². The molecule has 14 heavy (non-hydrogen) atoms. The molecule has 0 spiro atoms. The van der Waals surface area contributed by atoms with Crippen LogP contribution >= 0.6 is 0 Å². The predicted octanol–water partition coefficient (Wildman–Crippen LogP) is 2.29. The van der Waals surface area contributed by atoms with Gasteiger partial charge in [0.05, 0.1) is 5.39 Å². The predicted molar refractivity (Wildman–Crippen MR) is 43.6 cm³/mol. The van der Waals surface area contributed by atoms with Gasteiger partial charge in [-0.1, -0.05) is 0 Å². The van der Waals surface area contributed by atoms with Crippen LogP contribution in [-0.2, 0) is 6.18 Å². The lowest BCUT2D eigenvalue weighted by Gasteiger charge is -2.02. The molecule has 0 saturated heterocycles. The number of hydrogen-bond acceptors (Lipinski definition) is 2. The van der Waals surface area contributed by atoms with E-state index in [1.54, 1.807) is 6.92 Å². The number of halogens is 3. The van der Waals surface area contributed by atoms with Crippen molar-refractivity contribution in [1.82, 2.24) is 15.2 Å². The standard InChI is InChI=1S/C8H6F3N3/c1-4-2-5-6(8(9,10)11)13-14-7(5)12-3-4/h2-3H,1H3,(H,12,13,14). The summed E-state index contributed by atoms with van der Waals surface area (Å²) in [7, 11) is 0. The minimum absolute atomic E-state index is 0.0116. The van der Waals surface area contributed by atoms with Crippen molar-refractivity contribution in [1.29, 1.82) is 0 Å². The van der Waals surface area contributed by atoms with E-state index in [-0.39, 0.29) is 11.0 Å². The number of aromatic nitrogens is 3. The van der Waals surface area contributed by atoms with Crippen molar-refractivity contribution in [2.45, 2.75) is 13.1 Å². The Morgan fingerprint density at radius 1 is 1.36 bits per heavy atom. The van der Waals surface area contributed by atoms with Gasteiger partial charge < -0.3 is 0 Å². The molecule has 2 aromatic heterocycles. The molecular formula is C8H6F3N3. The molecule has 0 saturated carbocycles. The van der Waals surface area contributed by atoms with Crippen LogP contribution < -0.4 is 0 Å². The summed E-state index contributed by atoms with van der Waals surface area (Å²) in [5.41, 5.74) is -0.0870. The van der Waals surface area contributed by atoms with E-state index >= 15 is 0 Å². The van der Waals surface area contributed by atoms with E-state index in [0.29, 0.717) is 5.56 Å². The van der Waals surface area contributed by atoms with Crippen LogP contribution in [0.1, 0.15) is 11.3 Å². The lowest BCUT2D eigenvalue weighted by atomic mass is 10.2. The average Bonchev–Trinajstić information content (AvgIpc) is 2.45. The molecule has 0 unspecified atom stereocenters. The zero-order chi connectivity index (χ0) is 10.3. The highest BCUT2D eigenvalue weighted by molar-refractivity contribution is 5.78. The van der Waals surface area contributed by atoms with Gasteiger partial charge >= 0.3 is 6.18 Å². The van der Waals surface area contributed by atoms with Gasteiger partial charge in [0.2, 0.25) is 0 Å². The minimum Gasteiger partial charge on any atom is -0.271 e. The molecule has 3 nitrogen and oxygen atoms in total. The van der Waals surface area contributed by atoms with Gasteiger partial charge in [0, 0.05) is 6.20 Å². The molecule has 2 heterocycles. The van der Waals surface area contributed by atoms with Gasteiger partial charge in [-0.2, -0.15) is 18.3 Å². The molecule has 74 valence electrons. The molecule has 0 aliphatic carbocycles. The average molecular weight is 201 g/mol. The van der Waals surface area contributed by atoms with Crippen LogP contribution in [0.5, 0.6) is 0 Å². The minimum atomic E-state index is -4.41. The first kappa shape index (κ1) is 8.98. The maximum absolute atomic E-state index is 12.4. The van der Waals surface area contributed by atoms with E-state index in [1.807, 2.05) is 5.10 Å². The van der Waals surface area contributed by atoms with Gasteiger partial charge in [0.25, 0.3) is 0 Å². The highest BCUT2D eigenvalue weighted by Crippen LogP contribution is 2.32. The van der Waals surface area contributed by atoms with Crippen LogP contribution in [0.4, 0.5) is 13.2 Å². The lowest BCUT2D eigenvalue weighted by Crippen LogP contribution is -2.05. The summed E-state index contributed by atoms with van der Waals surface area (Å²) in [6.45, 7) is 1.68. The first-order chi connectivity index (χ1) is 6.48. The van der Waals surface area contributed by atoms with Crippen molar-refractivity contribution >= 4 is 11.0 Å². The Morgan fingerprint density at radius 3 is 2.71 bits per heavy atom. The number of hydrogen-bond donors (Lipinski definition) is 1. The summed E-state index contributed by atoms with van der Waals surface area (Å²) in [6, 6.07) is 1.41. The monoisotopic (exact) mass is 201 g/mol. The number of alkyl halides is 3. The van der Waals surface area contributed by atoms with Gasteiger partial charge in [0.15, 0.2) is 5.65 Å². The van der Waals surface area contributed by atoms with Gasteiger partial charge in [-0.15, -0.1) is 0 Å². The van der Waals surface area contributed by atoms with Crippen molar-refractivity contribution in [3.05, 3.63) is 23.5 Å². The third-order valence-corrected chi connectivity index (χ3v) is 1.83. The van der Waals surface area contributed by atoms with Gasteiger partial charge in [0.1, 0.15) is 5.69 Å². The first-order valence-corrected chi connectivity index (χ1v) is 3.86. The molecule has 2 aromatic rings. The fourth-order valence-electron chi connectivity index (χ4n) is 1.22. The topological polar surface area (TPSA) is 41.6 Å². The van der Waals surface area contributed by atoms with Crippen LogP contribution in [-0.4, -0.2) is 15.2 Å². The van der Waals surface area contributed by atoms with Crippen LogP contribution in [0, 0.1) is 6.92 Å². The first-order valence-electron chi connectivity index (χ1n) is 3.86. The molecule has 0 aliphatic heterocycles. The van der Waals surface area contributed by atoms with E-state index in [4.69, 9.17) is 0 Å². The van der Waals surface area contributed by atoms with Crippen molar-refractivity contribution in [3.63, 3.8) is 0 Å². The number of nitrogens with one attached hydrogen (secondary N) is 1. The van der Waals surface area contributed by atoms with Crippen LogP contribution in [0.3, 0.4) is 0 Å². The second-order valence-corrected chi connectivity index (χ2v) is 2.98. The second kappa shape index (κ2) is 2.70. The summed E-state index contributed by atoms with van der Waals surface area (Å²) < 4.78 is 37.2. The highest BCUT2D eigenvalue weighted by Gasteiger charge is 2.35. The number of aromatic amines is 1. The van der Waals surface area contributed by atoms with E-state index in [1.165, 1.54) is 12.3 Å². The summed E-state index contributed by atoms with van der Waals surface area (Å²) in [6.07, 6.45) is -2.94. The zero-order valence-corrected chi connectivity index (χ0v) is 7.18. The van der Waals surface area contributed by atoms with E-state index < -0.39 is 11.9 Å². The molecule has 0 atom stereocenters. The Labute approximate surface area is 77.0 Å². The normalized spacial score (nSPS) is 12.3. The number of pyridine rings is 1. The summed E-state index contributed by atoms with van der Waals surface area (Å²) in [5.74, 6) is 0. The SMILES string of the molecule is Cc1cnc2n[nH]c(C(F)(F)F)c2c1. The van der Waals surface area contributed by atoms with Crippen molar-refractivity contribution in [2.75, 3.05) is 0 Å². The number of aryl methyl sites for hydroxylation is 1. The van der Waals surface area contributed by atoms with E-state index in [0.717, 1.165) is 0 Å². The smallest absolute Gasteiger partial charge is 0.271 e. The third-order valence-electron chi connectivity index (χ3n) is 1.83. The zero-order valence-electron chi connectivity index (χ0n) is 7.18. The number of H-pyrrole nitrogens is 1. The van der Waals surface area contributed by atoms with Gasteiger partial charge in [-0.3, -0.25) is 5.10 Å². The number of fused-ring (bicyclic) bond motifs is 1. The molecular weight excluding hydrogens is 195 g/mol. The van der Waals surface area contributed by atoms with E-state index in [2.05, 4.69) is 10.1 Å². The molecule has 0 bridgehead atoms. The van der Waals surface area contributed by atoms with Crippen molar-refractivity contribution < 1.29 is 13.2 Å². The Bertz CT molecular complexity index is 472. The fraction of sp³-hybridized carbons (Fsp3) is 0.250. The van der Waals surface area contributed by atoms with Crippen molar-refractivity contribution in [3.8, 4) is 0 Å². The molecule has 0 radical (unpaired) electrons. The number of nitrogens with zero attached hydrogens (tertiary/aromatic N) is 2. The Balaban J connectivity index is 2.73. The number of rotatable bonds is 0. The Kier molecular flexibility index (Phi) is 1.73. The van der Waals surface area contributed by atoms with Crippen LogP contribution in [0.15, 0.2) is 12.3 Å². The van der Waals surface area contributed by atoms with Gasteiger partial charge in [-0.05, 0) is 18.6 Å². The summed E-state index contributed by atoms with van der Waals surface area (Å²) in [4.78, 5) is 3.77. The second-order valence-electron chi connectivity index (χ2n) is 2.98. The van der Waals surface area contributed by atoms with Gasteiger partial charge in [-0.25, -0.2) is 4.98 Å². The maximum Gasteiger partial charge on any atom is 0.433 e. The summed E-state index contributed by atoms with van der Waals surface area (Å²) >= 11 is 0. The quantitative estimate of drug-likeness (QED) is 0.710. The lowest BCUT2D eigenvalue weighted by molar-refractivity contribution is -0.139. The largest absolute Gasteiger partial charge is 0.433 e. The molecule has 6 heteroatoms. The van der Waals surface area contributed by atoms with Crippen LogP contribution in [0.2, 0.25) is 0 Å². The molecule has 1 N–H and O–H groups in total.